The number of amides is 1. The number of hydrogen-bond donors (Lipinski definition) is 2. The Balaban J connectivity index is 2.47. The summed E-state index contributed by atoms with van der Waals surface area (Å²) >= 11 is 0. The number of aromatic nitrogens is 3. The molecule has 4 N–H and O–H groups in total. The molecule has 3 heterocycles. The van der Waals surface area contributed by atoms with Crippen molar-refractivity contribution in [3.05, 3.63) is 46.4 Å². The van der Waals surface area contributed by atoms with Crippen molar-refractivity contribution in [1.29, 1.82) is 0 Å². The zero-order valence-corrected chi connectivity index (χ0v) is 12.5. The summed E-state index contributed by atoms with van der Waals surface area (Å²) < 4.78 is 8.05. The molecule has 0 spiro atoms. The van der Waals surface area contributed by atoms with Gasteiger partial charge in [-0.3, -0.25) is 14.0 Å². The molecule has 0 unspecified atom stereocenters. The van der Waals surface area contributed by atoms with Crippen LogP contribution in [0.1, 0.15) is 10.4 Å². The predicted molar refractivity (Wildman–Crippen MR) is 84.0 cm³/mol. The average molecular weight is 314 g/mol. The molecule has 118 valence electrons. The van der Waals surface area contributed by atoms with Crippen LogP contribution in [0.2, 0.25) is 0 Å². The lowest BCUT2D eigenvalue weighted by atomic mass is 10.2. The fraction of sp³-hybridized carbons (Fsp3) is 0.200. The minimum atomic E-state index is -0.701. The van der Waals surface area contributed by atoms with Crippen LogP contribution in [0.5, 0.6) is 0 Å². The van der Waals surface area contributed by atoms with E-state index in [2.05, 4.69) is 4.98 Å². The number of nitrogens with two attached hydrogens (primary N) is 2. The lowest BCUT2D eigenvalue weighted by molar-refractivity contribution is -0.660. The monoisotopic (exact) mass is 314 g/mol. The van der Waals surface area contributed by atoms with Gasteiger partial charge in [0.05, 0.1) is 13.2 Å². The van der Waals surface area contributed by atoms with Gasteiger partial charge >= 0.3 is 0 Å². The van der Waals surface area contributed by atoms with Crippen LogP contribution in [-0.4, -0.2) is 29.0 Å². The zero-order chi connectivity index (χ0) is 16.6. The summed E-state index contributed by atoms with van der Waals surface area (Å²) in [5.41, 5.74) is 12.1. The van der Waals surface area contributed by atoms with Gasteiger partial charge in [0.1, 0.15) is 10.9 Å². The predicted octanol–water partition coefficient (Wildman–Crippen LogP) is -0.537. The van der Waals surface area contributed by atoms with Crippen molar-refractivity contribution in [2.45, 2.75) is 6.54 Å². The van der Waals surface area contributed by atoms with Gasteiger partial charge in [0.25, 0.3) is 17.1 Å². The Bertz CT molecular complexity index is 980. The van der Waals surface area contributed by atoms with Crippen LogP contribution in [0.25, 0.3) is 16.7 Å². The highest BCUT2D eigenvalue weighted by molar-refractivity contribution is 5.99. The molecule has 0 fully saturated rings. The first kappa shape index (κ1) is 14.9. The molecule has 3 rings (SSSR count). The number of ether oxygens (including phenoxy) is 1. The number of nitrogens with zero attached hydrogens (tertiary/aromatic N) is 3. The van der Waals surface area contributed by atoms with Gasteiger partial charge in [-0.1, -0.05) is 11.1 Å². The Labute approximate surface area is 130 Å². The van der Waals surface area contributed by atoms with Crippen molar-refractivity contribution in [3.8, 4) is 0 Å². The first-order valence-electron chi connectivity index (χ1n) is 6.96. The third kappa shape index (κ3) is 2.38. The van der Waals surface area contributed by atoms with Crippen molar-refractivity contribution >= 4 is 28.4 Å². The molecule has 3 aromatic rings. The van der Waals surface area contributed by atoms with Crippen LogP contribution >= 0.6 is 0 Å². The molecule has 0 saturated carbocycles. The second-order valence-corrected chi connectivity index (χ2v) is 5.04. The SMILES string of the molecule is COCC[n+]1c(N)c(C(N)=O)cc2c(=O)n3ccccc3nc21. The Hall–Kier alpha value is -3.00. The summed E-state index contributed by atoms with van der Waals surface area (Å²) in [4.78, 5) is 28.8. The largest absolute Gasteiger partial charge is 0.381 e. The molecule has 0 aliphatic rings. The van der Waals surface area contributed by atoms with Gasteiger partial charge in [0.15, 0.2) is 0 Å². The molecule has 0 bridgehead atoms. The van der Waals surface area contributed by atoms with Gasteiger partial charge in [0.2, 0.25) is 11.5 Å². The standard InChI is InChI=1S/C15H15N5O3/c1-23-7-6-20-12(16)9(13(17)21)8-10-14(20)18-11-4-2-3-5-19(11)15(10)22/h2-5,8,16H,6-7H2,1H3,(H2,17,21)/p+1. The molecule has 0 saturated heterocycles. The molecule has 0 aromatic carbocycles. The summed E-state index contributed by atoms with van der Waals surface area (Å²) in [5.74, 6) is -0.539. The number of primary amides is 1. The van der Waals surface area contributed by atoms with E-state index in [4.69, 9.17) is 16.2 Å². The third-order valence-electron chi connectivity index (χ3n) is 3.64. The molecule has 0 radical (unpaired) electrons. The fourth-order valence-corrected chi connectivity index (χ4v) is 2.51. The van der Waals surface area contributed by atoms with Crippen LogP contribution in [0.4, 0.5) is 5.82 Å². The molecule has 0 aliphatic heterocycles. The second kappa shape index (κ2) is 5.65. The summed E-state index contributed by atoms with van der Waals surface area (Å²) in [6.45, 7) is 0.692. The third-order valence-corrected chi connectivity index (χ3v) is 3.64. The number of pyridine rings is 2. The maximum absolute atomic E-state index is 12.7. The lowest BCUT2D eigenvalue weighted by Crippen LogP contribution is -2.43. The smallest absolute Gasteiger partial charge is 0.278 e. The number of nitrogen functional groups attached to an aromatic ring is 1. The number of hydrogen-bond acceptors (Lipinski definition) is 5. The van der Waals surface area contributed by atoms with E-state index in [1.807, 2.05) is 0 Å². The fourth-order valence-electron chi connectivity index (χ4n) is 2.51. The molecule has 0 atom stereocenters. The van der Waals surface area contributed by atoms with Crippen LogP contribution in [0.3, 0.4) is 0 Å². The van der Waals surface area contributed by atoms with E-state index in [9.17, 15) is 9.59 Å². The molecule has 8 nitrogen and oxygen atoms in total. The normalized spacial score (nSPS) is 11.2. The Kier molecular flexibility index (Phi) is 3.67. The van der Waals surface area contributed by atoms with E-state index in [-0.39, 0.29) is 22.3 Å². The first-order valence-corrected chi connectivity index (χ1v) is 6.96. The van der Waals surface area contributed by atoms with Crippen LogP contribution < -0.4 is 21.6 Å². The van der Waals surface area contributed by atoms with Crippen molar-refractivity contribution in [2.24, 2.45) is 5.73 Å². The molecular formula is C15H16N5O3+. The van der Waals surface area contributed by atoms with Crippen molar-refractivity contribution in [2.75, 3.05) is 19.5 Å². The van der Waals surface area contributed by atoms with Crippen LogP contribution in [0, 0.1) is 0 Å². The molecule has 1 amide bonds. The van der Waals surface area contributed by atoms with Gasteiger partial charge in [-0.25, -0.2) is 4.57 Å². The average Bonchev–Trinajstić information content (AvgIpc) is 2.54. The molecule has 23 heavy (non-hydrogen) atoms. The Morgan fingerprint density at radius 2 is 2.22 bits per heavy atom. The highest BCUT2D eigenvalue weighted by Gasteiger charge is 2.22. The van der Waals surface area contributed by atoms with Crippen LogP contribution in [0.15, 0.2) is 35.3 Å². The van der Waals surface area contributed by atoms with E-state index in [0.29, 0.717) is 24.4 Å². The molecule has 8 heteroatoms. The summed E-state index contributed by atoms with van der Waals surface area (Å²) in [6, 6.07) is 6.63. The molecule has 3 aromatic heterocycles. The first-order chi connectivity index (χ1) is 11.0. The second-order valence-electron chi connectivity index (χ2n) is 5.04. The number of methoxy groups -OCH3 is 1. The quantitative estimate of drug-likeness (QED) is 0.495. The van der Waals surface area contributed by atoms with Gasteiger partial charge < -0.3 is 16.2 Å². The van der Waals surface area contributed by atoms with E-state index in [0.717, 1.165) is 0 Å². The van der Waals surface area contributed by atoms with Crippen molar-refractivity contribution in [1.82, 2.24) is 9.38 Å². The van der Waals surface area contributed by atoms with Gasteiger partial charge in [-0.05, 0) is 18.2 Å². The summed E-state index contributed by atoms with van der Waals surface area (Å²) in [5, 5.41) is 0.271. The molecule has 0 aliphatic carbocycles. The molecular weight excluding hydrogens is 298 g/mol. The van der Waals surface area contributed by atoms with Gasteiger partial charge in [-0.2, -0.15) is 0 Å². The minimum absolute atomic E-state index is 0.0865. The van der Waals surface area contributed by atoms with Crippen molar-refractivity contribution < 1.29 is 14.1 Å². The number of fused-ring (bicyclic) bond motifs is 2. The highest BCUT2D eigenvalue weighted by atomic mass is 16.5. The van der Waals surface area contributed by atoms with E-state index < -0.39 is 5.91 Å². The lowest BCUT2D eigenvalue weighted by Gasteiger charge is -2.10. The maximum atomic E-state index is 12.7. The minimum Gasteiger partial charge on any atom is -0.381 e. The Morgan fingerprint density at radius 1 is 1.43 bits per heavy atom. The maximum Gasteiger partial charge on any atom is 0.278 e. The summed E-state index contributed by atoms with van der Waals surface area (Å²) in [6.07, 6.45) is 1.61. The van der Waals surface area contributed by atoms with Gasteiger partial charge in [-0.15, -0.1) is 0 Å². The Morgan fingerprint density at radius 3 is 2.91 bits per heavy atom. The topological polar surface area (TPSA) is 117 Å². The number of rotatable bonds is 4. The van der Waals surface area contributed by atoms with Gasteiger partial charge in [0, 0.05) is 13.3 Å². The number of anilines is 1. The number of carbonyl (C=O) groups is 1. The van der Waals surface area contributed by atoms with E-state index in [1.54, 1.807) is 36.1 Å². The van der Waals surface area contributed by atoms with E-state index in [1.165, 1.54) is 10.5 Å². The number of carbonyl (C=O) groups excluding carboxylic acids is 1. The zero-order valence-electron chi connectivity index (χ0n) is 12.5. The van der Waals surface area contributed by atoms with Crippen molar-refractivity contribution in [3.63, 3.8) is 0 Å². The summed E-state index contributed by atoms with van der Waals surface area (Å²) in [7, 11) is 1.55. The highest BCUT2D eigenvalue weighted by Crippen LogP contribution is 2.13. The van der Waals surface area contributed by atoms with E-state index >= 15 is 0 Å². The van der Waals surface area contributed by atoms with Crippen LogP contribution in [-0.2, 0) is 11.3 Å².